The molecular weight excluding hydrogens is 266 g/mol. The van der Waals surface area contributed by atoms with Crippen LogP contribution in [-0.2, 0) is 4.79 Å². The maximum absolute atomic E-state index is 11.0. The Bertz CT molecular complexity index is 427. The fraction of sp³-hybridized carbons (Fsp3) is 0.625. The zero-order chi connectivity index (χ0) is 15.7. The molecule has 2 atom stereocenters. The number of rotatable bonds is 10. The minimum absolute atomic E-state index is 0.0225. The second-order valence-electron chi connectivity index (χ2n) is 5.59. The van der Waals surface area contributed by atoms with Gasteiger partial charge in [0.1, 0.15) is 18.9 Å². The van der Waals surface area contributed by atoms with Crippen molar-refractivity contribution in [2.75, 3.05) is 6.54 Å². The molecule has 5 nitrogen and oxygen atoms in total. The number of carbonyl (C=O) groups excluding carboxylic acids is 1. The van der Waals surface area contributed by atoms with Crippen LogP contribution in [0.2, 0.25) is 0 Å². The molecule has 2 N–H and O–H groups in total. The highest BCUT2D eigenvalue weighted by molar-refractivity contribution is 5.90. The summed E-state index contributed by atoms with van der Waals surface area (Å²) in [6.07, 6.45) is 14.1. The van der Waals surface area contributed by atoms with Crippen LogP contribution < -0.4 is 10.8 Å². The Morgan fingerprint density at radius 3 is 2.76 bits per heavy atom. The first-order valence-electron chi connectivity index (χ1n) is 7.78. The molecule has 0 aromatic carbocycles. The summed E-state index contributed by atoms with van der Waals surface area (Å²) in [5, 5.41) is 11.0. The van der Waals surface area contributed by atoms with Crippen LogP contribution in [0.15, 0.2) is 29.5 Å². The molecule has 0 saturated heterocycles. The van der Waals surface area contributed by atoms with Crippen LogP contribution in [0, 0.1) is 0 Å². The number of aliphatic imine (C=N–C) groups is 1. The molecule has 0 aromatic rings. The number of quaternary nitrogens is 1. The first kappa shape index (κ1) is 17.6. The SMILES string of the molecule is CCCCCCC/C=C/C1=NC=C[N+]1(CC(=O)[O-])C(C)N. The monoisotopic (exact) mass is 293 g/mol. The van der Waals surface area contributed by atoms with Crippen LogP contribution in [-0.4, -0.2) is 29.0 Å². The van der Waals surface area contributed by atoms with Gasteiger partial charge in [0.2, 0.25) is 5.84 Å². The van der Waals surface area contributed by atoms with E-state index in [4.69, 9.17) is 5.73 Å². The van der Waals surface area contributed by atoms with E-state index in [2.05, 4.69) is 18.0 Å². The summed E-state index contributed by atoms with van der Waals surface area (Å²) in [5.41, 5.74) is 5.97. The molecular formula is C16H27N3O2. The van der Waals surface area contributed by atoms with Crippen molar-refractivity contribution in [3.8, 4) is 0 Å². The molecule has 21 heavy (non-hydrogen) atoms. The summed E-state index contributed by atoms with van der Waals surface area (Å²) in [5.74, 6) is -0.456. The lowest BCUT2D eigenvalue weighted by Gasteiger charge is -2.35. The Kier molecular flexibility index (Phi) is 7.32. The van der Waals surface area contributed by atoms with Crippen molar-refractivity contribution < 1.29 is 14.4 Å². The molecule has 0 aromatic heterocycles. The molecule has 0 radical (unpaired) electrons. The standard InChI is InChI=1S/C16H27N3O2/c1-3-4-5-6-7-8-9-10-15-18-11-12-19(15,14(2)17)13-16(20)21/h9-12,14H,3-8,13,17H2,1-2H3/b10-9+. The average molecular weight is 293 g/mol. The highest BCUT2D eigenvalue weighted by atomic mass is 16.4. The number of carbonyl (C=O) groups is 1. The molecule has 1 aliphatic heterocycles. The van der Waals surface area contributed by atoms with Crippen LogP contribution >= 0.6 is 0 Å². The normalized spacial score (nSPS) is 22.7. The van der Waals surface area contributed by atoms with Gasteiger partial charge in [0.25, 0.3) is 0 Å². The second-order valence-corrected chi connectivity index (χ2v) is 5.59. The Balaban J connectivity index is 2.55. The number of carboxylic acids is 1. The Morgan fingerprint density at radius 2 is 2.14 bits per heavy atom. The smallest absolute Gasteiger partial charge is 0.233 e. The van der Waals surface area contributed by atoms with Gasteiger partial charge in [-0.3, -0.25) is 5.73 Å². The third-order valence-electron chi connectivity index (χ3n) is 3.82. The Labute approximate surface area is 127 Å². The van der Waals surface area contributed by atoms with Crippen LogP contribution in [0.1, 0.15) is 52.4 Å². The zero-order valence-electron chi connectivity index (χ0n) is 13.1. The number of hydrogen-bond donors (Lipinski definition) is 1. The lowest BCUT2D eigenvalue weighted by Crippen LogP contribution is -2.60. The first-order chi connectivity index (χ1) is 10.0. The lowest BCUT2D eigenvalue weighted by atomic mass is 10.1. The van der Waals surface area contributed by atoms with Gasteiger partial charge < -0.3 is 9.90 Å². The van der Waals surface area contributed by atoms with Gasteiger partial charge >= 0.3 is 0 Å². The van der Waals surface area contributed by atoms with Gasteiger partial charge in [-0.05, 0) is 12.8 Å². The van der Waals surface area contributed by atoms with Crippen LogP contribution in [0.4, 0.5) is 0 Å². The number of hydrogen-bond acceptors (Lipinski definition) is 4. The molecule has 1 heterocycles. The van der Waals surface area contributed by atoms with Gasteiger partial charge in [0.15, 0.2) is 0 Å². The number of nitrogens with zero attached hydrogens (tertiary/aromatic N) is 2. The van der Waals surface area contributed by atoms with E-state index < -0.39 is 5.97 Å². The summed E-state index contributed by atoms with van der Waals surface area (Å²) < 4.78 is 0.0225. The first-order valence-corrected chi connectivity index (χ1v) is 7.78. The minimum Gasteiger partial charge on any atom is -0.544 e. The molecule has 1 rings (SSSR count). The largest absolute Gasteiger partial charge is 0.544 e. The number of carboxylic acid groups (broad SMARTS) is 1. The maximum Gasteiger partial charge on any atom is 0.233 e. The van der Waals surface area contributed by atoms with Gasteiger partial charge in [-0.25, -0.2) is 4.48 Å². The molecule has 5 heteroatoms. The lowest BCUT2D eigenvalue weighted by molar-refractivity contribution is -0.805. The van der Waals surface area contributed by atoms with Crippen LogP contribution in [0.5, 0.6) is 0 Å². The fourth-order valence-electron chi connectivity index (χ4n) is 2.48. The molecule has 0 aliphatic carbocycles. The van der Waals surface area contributed by atoms with Gasteiger partial charge in [-0.1, -0.05) is 38.7 Å². The van der Waals surface area contributed by atoms with E-state index in [1.54, 1.807) is 19.3 Å². The molecule has 0 amide bonds. The molecule has 0 saturated carbocycles. The third kappa shape index (κ3) is 5.10. The summed E-state index contributed by atoms with van der Waals surface area (Å²) in [6, 6.07) is 0. The molecule has 2 unspecified atom stereocenters. The summed E-state index contributed by atoms with van der Waals surface area (Å²) in [4.78, 5) is 15.3. The number of unbranched alkanes of at least 4 members (excludes halogenated alkanes) is 5. The van der Waals surface area contributed by atoms with E-state index in [0.29, 0.717) is 5.84 Å². The van der Waals surface area contributed by atoms with Crippen molar-refractivity contribution in [3.05, 3.63) is 24.6 Å². The summed E-state index contributed by atoms with van der Waals surface area (Å²) in [7, 11) is 0. The van der Waals surface area contributed by atoms with E-state index in [9.17, 15) is 9.90 Å². The van der Waals surface area contributed by atoms with E-state index in [-0.39, 0.29) is 17.2 Å². The predicted octanol–water partition coefficient (Wildman–Crippen LogP) is 1.66. The van der Waals surface area contributed by atoms with Crippen molar-refractivity contribution in [1.82, 2.24) is 0 Å². The quantitative estimate of drug-likeness (QED) is 0.491. The Hall–Kier alpha value is -1.46. The van der Waals surface area contributed by atoms with E-state index in [1.807, 2.05) is 6.08 Å². The van der Waals surface area contributed by atoms with Gasteiger partial charge in [-0.2, -0.15) is 4.99 Å². The van der Waals surface area contributed by atoms with Gasteiger partial charge in [-0.15, -0.1) is 0 Å². The minimum atomic E-state index is -1.13. The third-order valence-corrected chi connectivity index (χ3v) is 3.82. The van der Waals surface area contributed by atoms with Gasteiger partial charge in [0, 0.05) is 13.0 Å². The van der Waals surface area contributed by atoms with Gasteiger partial charge in [0.05, 0.1) is 12.2 Å². The molecule has 0 bridgehead atoms. The topological polar surface area (TPSA) is 78.5 Å². The Morgan fingerprint density at radius 1 is 1.43 bits per heavy atom. The van der Waals surface area contributed by atoms with Crippen molar-refractivity contribution >= 4 is 11.8 Å². The average Bonchev–Trinajstić information content (AvgIpc) is 2.81. The number of nitrogens with two attached hydrogens (primary N) is 1. The van der Waals surface area contributed by atoms with Crippen LogP contribution in [0.3, 0.4) is 0 Å². The second kappa shape index (κ2) is 8.74. The summed E-state index contributed by atoms with van der Waals surface area (Å²) >= 11 is 0. The molecule has 0 spiro atoms. The fourth-order valence-corrected chi connectivity index (χ4v) is 2.48. The van der Waals surface area contributed by atoms with Crippen molar-refractivity contribution in [1.29, 1.82) is 0 Å². The number of allylic oxidation sites excluding steroid dienone is 1. The van der Waals surface area contributed by atoms with Crippen molar-refractivity contribution in [2.24, 2.45) is 10.7 Å². The van der Waals surface area contributed by atoms with E-state index in [1.165, 1.54) is 25.7 Å². The molecule has 1 aliphatic rings. The number of amidine groups is 1. The van der Waals surface area contributed by atoms with Crippen molar-refractivity contribution in [3.63, 3.8) is 0 Å². The van der Waals surface area contributed by atoms with E-state index >= 15 is 0 Å². The maximum atomic E-state index is 11.0. The van der Waals surface area contributed by atoms with E-state index in [0.717, 1.165) is 12.8 Å². The summed E-state index contributed by atoms with van der Waals surface area (Å²) in [6.45, 7) is 3.80. The van der Waals surface area contributed by atoms with Crippen LogP contribution in [0.25, 0.3) is 0 Å². The van der Waals surface area contributed by atoms with Crippen molar-refractivity contribution in [2.45, 2.75) is 58.5 Å². The highest BCUT2D eigenvalue weighted by Gasteiger charge is 2.37. The highest BCUT2D eigenvalue weighted by Crippen LogP contribution is 2.20. The molecule has 0 fully saturated rings. The number of aliphatic carboxylic acids is 1. The predicted molar refractivity (Wildman–Crippen MR) is 82.9 cm³/mol. The molecule has 118 valence electrons. The zero-order valence-corrected chi connectivity index (χ0v) is 13.1.